The molecule has 0 rings (SSSR count). The Morgan fingerprint density at radius 2 is 2.36 bits per heavy atom. The van der Waals surface area contributed by atoms with Crippen molar-refractivity contribution < 1.29 is 14.6 Å². The molecule has 0 bridgehead atoms. The number of hydrogen-bond acceptors (Lipinski definition) is 3. The normalized spacial score (nSPS) is 9.27. The summed E-state index contributed by atoms with van der Waals surface area (Å²) in [4.78, 5) is 10.8. The number of nitrogens with one attached hydrogen (secondary N) is 1. The summed E-state index contributed by atoms with van der Waals surface area (Å²) in [5, 5.41) is 10.7. The van der Waals surface area contributed by atoms with Gasteiger partial charge in [-0.2, -0.15) is 0 Å². The van der Waals surface area contributed by atoms with Crippen LogP contribution in [-0.2, 0) is 9.53 Å². The van der Waals surface area contributed by atoms with Crippen molar-refractivity contribution in [3.05, 3.63) is 12.2 Å². The SMILES string of the molecule is C=C(C)C(=O)NCOCCO. The van der Waals surface area contributed by atoms with Crippen LogP contribution in [0, 0.1) is 0 Å². The van der Waals surface area contributed by atoms with E-state index in [1.54, 1.807) is 6.92 Å². The molecule has 0 unspecified atom stereocenters. The van der Waals surface area contributed by atoms with Gasteiger partial charge in [0.2, 0.25) is 5.91 Å². The smallest absolute Gasteiger partial charge is 0.248 e. The van der Waals surface area contributed by atoms with Gasteiger partial charge < -0.3 is 15.2 Å². The largest absolute Gasteiger partial charge is 0.394 e. The van der Waals surface area contributed by atoms with Crippen molar-refractivity contribution in [2.45, 2.75) is 6.92 Å². The van der Waals surface area contributed by atoms with Gasteiger partial charge in [-0.25, -0.2) is 0 Å². The summed E-state index contributed by atoms with van der Waals surface area (Å²) >= 11 is 0. The predicted octanol–water partition coefficient (Wildman–Crippen LogP) is -0.355. The van der Waals surface area contributed by atoms with E-state index in [0.717, 1.165) is 0 Å². The van der Waals surface area contributed by atoms with Crippen LogP contribution in [0.5, 0.6) is 0 Å². The van der Waals surface area contributed by atoms with E-state index in [2.05, 4.69) is 11.9 Å². The van der Waals surface area contributed by atoms with Gasteiger partial charge in [0, 0.05) is 5.57 Å². The summed E-state index contributed by atoms with van der Waals surface area (Å²) < 4.78 is 4.78. The Hall–Kier alpha value is -0.870. The molecule has 64 valence electrons. The summed E-state index contributed by atoms with van der Waals surface area (Å²) in [6, 6.07) is 0. The highest BCUT2D eigenvalue weighted by Crippen LogP contribution is 1.84. The van der Waals surface area contributed by atoms with Crippen LogP contribution in [-0.4, -0.2) is 31.0 Å². The van der Waals surface area contributed by atoms with E-state index < -0.39 is 0 Å². The maximum atomic E-state index is 10.8. The monoisotopic (exact) mass is 159 g/mol. The maximum Gasteiger partial charge on any atom is 0.248 e. The van der Waals surface area contributed by atoms with Crippen LogP contribution in [0.2, 0.25) is 0 Å². The van der Waals surface area contributed by atoms with E-state index in [9.17, 15) is 4.79 Å². The molecule has 4 heteroatoms. The van der Waals surface area contributed by atoms with Gasteiger partial charge >= 0.3 is 0 Å². The predicted molar refractivity (Wildman–Crippen MR) is 40.9 cm³/mol. The van der Waals surface area contributed by atoms with Crippen LogP contribution in [0.1, 0.15) is 6.92 Å². The number of amides is 1. The zero-order valence-corrected chi connectivity index (χ0v) is 6.59. The Labute approximate surface area is 65.9 Å². The maximum absolute atomic E-state index is 10.8. The lowest BCUT2D eigenvalue weighted by Gasteiger charge is -2.03. The minimum atomic E-state index is -0.233. The Kier molecular flexibility index (Phi) is 5.42. The molecule has 0 radical (unpaired) electrons. The van der Waals surface area contributed by atoms with Gasteiger partial charge in [0.15, 0.2) is 0 Å². The van der Waals surface area contributed by atoms with E-state index in [1.807, 2.05) is 0 Å². The molecular weight excluding hydrogens is 146 g/mol. The van der Waals surface area contributed by atoms with Gasteiger partial charge in [-0.15, -0.1) is 0 Å². The summed E-state index contributed by atoms with van der Waals surface area (Å²) in [5.74, 6) is -0.233. The lowest BCUT2D eigenvalue weighted by Crippen LogP contribution is -2.26. The zero-order chi connectivity index (χ0) is 8.69. The molecular formula is C7H13NO3. The van der Waals surface area contributed by atoms with Crippen LogP contribution >= 0.6 is 0 Å². The van der Waals surface area contributed by atoms with Crippen LogP contribution < -0.4 is 5.32 Å². The third kappa shape index (κ3) is 5.57. The minimum absolute atomic E-state index is 0.0387. The second-order valence-electron chi connectivity index (χ2n) is 2.06. The Morgan fingerprint density at radius 1 is 1.73 bits per heavy atom. The van der Waals surface area contributed by atoms with Crippen molar-refractivity contribution in [1.29, 1.82) is 0 Å². The molecule has 2 N–H and O–H groups in total. The third-order valence-corrected chi connectivity index (χ3v) is 0.958. The number of aliphatic hydroxyl groups is 1. The molecule has 0 aromatic carbocycles. The summed E-state index contributed by atoms with van der Waals surface area (Å²) in [7, 11) is 0. The van der Waals surface area contributed by atoms with Gasteiger partial charge in [0.25, 0.3) is 0 Å². The molecule has 0 aromatic rings. The van der Waals surface area contributed by atoms with Crippen LogP contribution in [0.3, 0.4) is 0 Å². The first-order valence-corrected chi connectivity index (χ1v) is 3.30. The van der Waals surface area contributed by atoms with Crippen LogP contribution in [0.4, 0.5) is 0 Å². The molecule has 0 saturated carbocycles. The number of ether oxygens (including phenoxy) is 1. The first-order valence-electron chi connectivity index (χ1n) is 3.30. The summed E-state index contributed by atoms with van der Waals surface area (Å²) in [6.45, 7) is 5.36. The summed E-state index contributed by atoms with van der Waals surface area (Å²) in [5.41, 5.74) is 0.442. The third-order valence-electron chi connectivity index (χ3n) is 0.958. The molecule has 11 heavy (non-hydrogen) atoms. The second-order valence-corrected chi connectivity index (χ2v) is 2.06. The topological polar surface area (TPSA) is 58.6 Å². The van der Waals surface area contributed by atoms with E-state index in [-0.39, 0.29) is 25.9 Å². The van der Waals surface area contributed by atoms with Crippen molar-refractivity contribution in [2.75, 3.05) is 19.9 Å². The second kappa shape index (κ2) is 5.88. The van der Waals surface area contributed by atoms with Crippen LogP contribution in [0.25, 0.3) is 0 Å². The molecule has 0 aliphatic rings. The van der Waals surface area contributed by atoms with Gasteiger partial charge in [-0.05, 0) is 6.92 Å². The van der Waals surface area contributed by atoms with E-state index in [1.165, 1.54) is 0 Å². The first kappa shape index (κ1) is 10.1. The zero-order valence-electron chi connectivity index (χ0n) is 6.59. The quantitative estimate of drug-likeness (QED) is 0.327. The van der Waals surface area contributed by atoms with Crippen molar-refractivity contribution in [3.63, 3.8) is 0 Å². The molecule has 0 spiro atoms. The average Bonchev–Trinajstić information content (AvgIpc) is 1.97. The molecule has 1 amide bonds. The molecule has 4 nitrogen and oxygen atoms in total. The number of aliphatic hydroxyl groups excluding tert-OH is 1. The van der Waals surface area contributed by atoms with Crippen molar-refractivity contribution in [1.82, 2.24) is 5.32 Å². The molecule has 0 aliphatic heterocycles. The van der Waals surface area contributed by atoms with E-state index >= 15 is 0 Å². The highest BCUT2D eigenvalue weighted by Gasteiger charge is 1.98. The molecule has 0 heterocycles. The molecule has 0 fully saturated rings. The standard InChI is InChI=1S/C7H13NO3/c1-6(2)7(10)8-5-11-4-3-9/h9H,1,3-5H2,2H3,(H,8,10). The summed E-state index contributed by atoms with van der Waals surface area (Å²) in [6.07, 6.45) is 0. The van der Waals surface area contributed by atoms with E-state index in [4.69, 9.17) is 9.84 Å². The lowest BCUT2D eigenvalue weighted by atomic mass is 10.3. The number of rotatable bonds is 5. The highest BCUT2D eigenvalue weighted by molar-refractivity contribution is 5.91. The molecule has 0 aromatic heterocycles. The number of hydrogen-bond donors (Lipinski definition) is 2. The van der Waals surface area contributed by atoms with Crippen molar-refractivity contribution in [2.24, 2.45) is 0 Å². The molecule has 0 atom stereocenters. The molecule has 0 saturated heterocycles. The molecule has 0 aliphatic carbocycles. The van der Waals surface area contributed by atoms with E-state index in [0.29, 0.717) is 5.57 Å². The lowest BCUT2D eigenvalue weighted by molar-refractivity contribution is -0.119. The van der Waals surface area contributed by atoms with Gasteiger partial charge in [-0.3, -0.25) is 4.79 Å². The Bertz CT molecular complexity index is 145. The Balaban J connectivity index is 3.25. The minimum Gasteiger partial charge on any atom is -0.394 e. The highest BCUT2D eigenvalue weighted by atomic mass is 16.5. The first-order chi connectivity index (χ1) is 5.18. The number of carbonyl (C=O) groups excluding carboxylic acids is 1. The van der Waals surface area contributed by atoms with Crippen molar-refractivity contribution >= 4 is 5.91 Å². The fourth-order valence-corrected chi connectivity index (χ4v) is 0.404. The fourth-order valence-electron chi connectivity index (χ4n) is 0.404. The number of carbonyl (C=O) groups is 1. The van der Waals surface area contributed by atoms with Gasteiger partial charge in [-0.1, -0.05) is 6.58 Å². The van der Waals surface area contributed by atoms with Crippen LogP contribution in [0.15, 0.2) is 12.2 Å². The fraction of sp³-hybridized carbons (Fsp3) is 0.571. The van der Waals surface area contributed by atoms with Gasteiger partial charge in [0.05, 0.1) is 13.2 Å². The average molecular weight is 159 g/mol. The van der Waals surface area contributed by atoms with Crippen molar-refractivity contribution in [3.8, 4) is 0 Å². The van der Waals surface area contributed by atoms with Gasteiger partial charge in [0.1, 0.15) is 6.73 Å². The Morgan fingerprint density at radius 3 is 2.82 bits per heavy atom.